The SMILES string of the molecule is COc1c(C#N)cc2ccccc2c1C(=O)N(CC(N)=O)CC(CC1CO1)c1ccc(Cl)c(C)c1. The number of halogens is 1. The van der Waals surface area contributed by atoms with Crippen molar-refractivity contribution in [2.24, 2.45) is 5.73 Å². The number of nitrogens with zero attached hydrogens (tertiary/aromatic N) is 2. The van der Waals surface area contributed by atoms with Gasteiger partial charge in [0, 0.05) is 17.5 Å². The third-order valence-corrected chi connectivity index (χ3v) is 6.64. The molecule has 1 heterocycles. The summed E-state index contributed by atoms with van der Waals surface area (Å²) < 4.78 is 11.0. The summed E-state index contributed by atoms with van der Waals surface area (Å²) in [5.74, 6) is -0.999. The monoisotopic (exact) mass is 491 g/mol. The van der Waals surface area contributed by atoms with Crippen molar-refractivity contribution in [3.63, 3.8) is 0 Å². The fourth-order valence-electron chi connectivity index (χ4n) is 4.43. The fourth-order valence-corrected chi connectivity index (χ4v) is 4.54. The molecule has 1 aliphatic heterocycles. The van der Waals surface area contributed by atoms with Gasteiger partial charge in [-0.15, -0.1) is 0 Å². The van der Waals surface area contributed by atoms with Crippen molar-refractivity contribution < 1.29 is 19.1 Å². The van der Waals surface area contributed by atoms with Gasteiger partial charge in [0.25, 0.3) is 5.91 Å². The van der Waals surface area contributed by atoms with Crippen LogP contribution in [0.5, 0.6) is 5.75 Å². The third kappa shape index (κ3) is 5.40. The van der Waals surface area contributed by atoms with Gasteiger partial charge in [-0.05, 0) is 47.4 Å². The van der Waals surface area contributed by atoms with E-state index in [2.05, 4.69) is 6.07 Å². The highest BCUT2D eigenvalue weighted by Gasteiger charge is 2.32. The van der Waals surface area contributed by atoms with E-state index in [4.69, 9.17) is 26.8 Å². The smallest absolute Gasteiger partial charge is 0.258 e. The highest BCUT2D eigenvalue weighted by Crippen LogP contribution is 2.35. The zero-order valence-electron chi connectivity index (χ0n) is 19.6. The van der Waals surface area contributed by atoms with Crippen LogP contribution < -0.4 is 10.5 Å². The summed E-state index contributed by atoms with van der Waals surface area (Å²) in [4.78, 5) is 27.5. The quantitative estimate of drug-likeness (QED) is 0.451. The van der Waals surface area contributed by atoms with Crippen molar-refractivity contribution in [1.29, 1.82) is 5.26 Å². The Morgan fingerprint density at radius 3 is 2.66 bits per heavy atom. The number of nitrogens with two attached hydrogens (primary N) is 1. The molecule has 35 heavy (non-hydrogen) atoms. The van der Waals surface area contributed by atoms with E-state index in [1.54, 1.807) is 12.1 Å². The predicted molar refractivity (Wildman–Crippen MR) is 134 cm³/mol. The van der Waals surface area contributed by atoms with Gasteiger partial charge in [0.15, 0.2) is 0 Å². The van der Waals surface area contributed by atoms with Gasteiger partial charge in [-0.3, -0.25) is 9.59 Å². The number of hydrogen-bond donors (Lipinski definition) is 1. The fraction of sp³-hybridized carbons (Fsp3) is 0.296. The molecule has 2 amide bonds. The number of primary amides is 1. The van der Waals surface area contributed by atoms with Crippen LogP contribution in [0.4, 0.5) is 0 Å². The molecule has 2 unspecified atom stereocenters. The van der Waals surface area contributed by atoms with Crippen LogP contribution in [0.1, 0.15) is 39.4 Å². The molecule has 8 heteroatoms. The minimum atomic E-state index is -0.633. The van der Waals surface area contributed by atoms with Gasteiger partial charge in [0.2, 0.25) is 5.91 Å². The first-order valence-electron chi connectivity index (χ1n) is 11.3. The van der Waals surface area contributed by atoms with E-state index >= 15 is 0 Å². The number of epoxide rings is 1. The molecule has 1 fully saturated rings. The van der Waals surface area contributed by atoms with Gasteiger partial charge >= 0.3 is 0 Å². The first-order chi connectivity index (χ1) is 16.8. The number of aryl methyl sites for hydroxylation is 1. The van der Waals surface area contributed by atoms with Crippen LogP contribution in [-0.4, -0.2) is 49.6 Å². The lowest BCUT2D eigenvalue weighted by Crippen LogP contribution is -2.41. The van der Waals surface area contributed by atoms with E-state index in [-0.39, 0.29) is 42.0 Å². The summed E-state index contributed by atoms with van der Waals surface area (Å²) in [6.45, 7) is 2.54. The lowest BCUT2D eigenvalue weighted by Gasteiger charge is -2.28. The standard InChI is InChI=1S/C27H26ClN3O4/c1-16-9-17(7-8-23(16)28)20(11-21-15-35-21)13-31(14-24(30)32)27(33)25-22-6-4-3-5-18(22)10-19(12-29)26(25)34-2/h3-10,20-21H,11,13-15H2,1-2H3,(H2,30,32). The Labute approximate surface area is 209 Å². The number of nitriles is 1. The minimum Gasteiger partial charge on any atom is -0.495 e. The van der Waals surface area contributed by atoms with E-state index in [9.17, 15) is 14.9 Å². The van der Waals surface area contributed by atoms with E-state index in [1.165, 1.54) is 12.0 Å². The molecule has 0 saturated carbocycles. The minimum absolute atomic E-state index is 0.0961. The summed E-state index contributed by atoms with van der Waals surface area (Å²) in [5.41, 5.74) is 7.95. The molecule has 0 spiro atoms. The Morgan fingerprint density at radius 1 is 1.29 bits per heavy atom. The van der Waals surface area contributed by atoms with Gasteiger partial charge in [0.05, 0.1) is 37.5 Å². The first-order valence-corrected chi connectivity index (χ1v) is 11.6. The van der Waals surface area contributed by atoms with Crippen molar-refractivity contribution in [3.8, 4) is 11.8 Å². The topological polar surface area (TPSA) is 109 Å². The molecule has 2 N–H and O–H groups in total. The number of ether oxygens (including phenoxy) is 2. The van der Waals surface area contributed by atoms with Gasteiger partial charge in [-0.1, -0.05) is 48.0 Å². The van der Waals surface area contributed by atoms with Crippen molar-refractivity contribution in [3.05, 3.63) is 75.8 Å². The molecule has 3 aromatic carbocycles. The van der Waals surface area contributed by atoms with E-state index in [0.717, 1.165) is 16.5 Å². The molecular weight excluding hydrogens is 466 g/mol. The Morgan fingerprint density at radius 2 is 2.03 bits per heavy atom. The number of rotatable bonds is 9. The highest BCUT2D eigenvalue weighted by molar-refractivity contribution is 6.31. The molecule has 7 nitrogen and oxygen atoms in total. The maximum absolute atomic E-state index is 14.0. The average molecular weight is 492 g/mol. The second-order valence-corrected chi connectivity index (χ2v) is 9.12. The van der Waals surface area contributed by atoms with Crippen molar-refractivity contribution in [1.82, 2.24) is 4.90 Å². The van der Waals surface area contributed by atoms with Gasteiger partial charge in [-0.25, -0.2) is 0 Å². The number of methoxy groups -OCH3 is 1. The van der Waals surface area contributed by atoms with Gasteiger partial charge < -0.3 is 20.1 Å². The predicted octanol–water partition coefficient (Wildman–Crippen LogP) is 4.18. The van der Waals surface area contributed by atoms with Gasteiger partial charge in [-0.2, -0.15) is 5.26 Å². The lowest BCUT2D eigenvalue weighted by molar-refractivity contribution is -0.118. The van der Waals surface area contributed by atoms with Gasteiger partial charge in [0.1, 0.15) is 11.8 Å². The molecule has 180 valence electrons. The number of fused-ring (bicyclic) bond motifs is 1. The molecule has 4 rings (SSSR count). The van der Waals surface area contributed by atoms with Crippen LogP contribution in [0, 0.1) is 18.3 Å². The third-order valence-electron chi connectivity index (χ3n) is 6.22. The Kier molecular flexibility index (Phi) is 7.25. The largest absolute Gasteiger partial charge is 0.495 e. The van der Waals surface area contributed by atoms with Crippen molar-refractivity contribution >= 4 is 34.2 Å². The van der Waals surface area contributed by atoms with E-state index in [1.807, 2.05) is 43.3 Å². The summed E-state index contributed by atoms with van der Waals surface area (Å²) in [6, 6.07) is 16.8. The number of amides is 2. The van der Waals surface area contributed by atoms with E-state index < -0.39 is 11.8 Å². The molecule has 2 atom stereocenters. The summed E-state index contributed by atoms with van der Waals surface area (Å²) in [7, 11) is 1.42. The molecule has 1 aliphatic rings. The Balaban J connectivity index is 1.79. The maximum Gasteiger partial charge on any atom is 0.258 e. The molecular formula is C27H26ClN3O4. The van der Waals surface area contributed by atoms with Crippen LogP contribution >= 0.6 is 11.6 Å². The van der Waals surface area contributed by atoms with Crippen LogP contribution in [0.15, 0.2) is 48.5 Å². The normalized spacial score (nSPS) is 15.3. The molecule has 0 aliphatic carbocycles. The number of carbonyl (C=O) groups is 2. The van der Waals surface area contributed by atoms with Crippen molar-refractivity contribution in [2.75, 3.05) is 26.8 Å². The number of benzene rings is 3. The Hall–Kier alpha value is -3.60. The molecule has 0 aromatic heterocycles. The van der Waals surface area contributed by atoms with Crippen LogP contribution in [0.2, 0.25) is 5.02 Å². The van der Waals surface area contributed by atoms with Crippen LogP contribution in [0.25, 0.3) is 10.8 Å². The summed E-state index contributed by atoms with van der Waals surface area (Å²) >= 11 is 6.24. The molecule has 0 bridgehead atoms. The molecule has 0 radical (unpaired) electrons. The molecule has 1 saturated heterocycles. The second-order valence-electron chi connectivity index (χ2n) is 8.71. The number of carbonyl (C=O) groups excluding carboxylic acids is 2. The van der Waals surface area contributed by atoms with Crippen molar-refractivity contribution in [2.45, 2.75) is 25.4 Å². The number of hydrogen-bond acceptors (Lipinski definition) is 5. The molecule has 3 aromatic rings. The van der Waals surface area contributed by atoms with Crippen LogP contribution in [0.3, 0.4) is 0 Å². The maximum atomic E-state index is 14.0. The highest BCUT2D eigenvalue weighted by atomic mass is 35.5. The zero-order valence-corrected chi connectivity index (χ0v) is 20.3. The summed E-state index contributed by atoms with van der Waals surface area (Å²) in [5, 5.41) is 11.7. The zero-order chi connectivity index (χ0) is 25.1. The van der Waals surface area contributed by atoms with E-state index in [0.29, 0.717) is 23.4 Å². The second kappa shape index (κ2) is 10.3. The lowest BCUT2D eigenvalue weighted by atomic mass is 9.91. The Bertz CT molecular complexity index is 1330. The van der Waals surface area contributed by atoms with Crippen LogP contribution in [-0.2, 0) is 9.53 Å². The average Bonchev–Trinajstić information content (AvgIpc) is 3.67. The first kappa shape index (κ1) is 24.5. The summed E-state index contributed by atoms with van der Waals surface area (Å²) in [6.07, 6.45) is 0.776.